The lowest BCUT2D eigenvalue weighted by molar-refractivity contribution is -0.112. The van der Waals surface area contributed by atoms with Crippen molar-refractivity contribution in [1.29, 1.82) is 0 Å². The van der Waals surface area contributed by atoms with E-state index in [1.54, 1.807) is 20.8 Å². The average Bonchev–Trinajstić information content (AvgIpc) is 2.15. The van der Waals surface area contributed by atoms with Crippen molar-refractivity contribution in [3.63, 3.8) is 0 Å². The van der Waals surface area contributed by atoms with Crippen molar-refractivity contribution in [1.82, 2.24) is 4.90 Å². The van der Waals surface area contributed by atoms with Crippen molar-refractivity contribution in [2.24, 2.45) is 0 Å². The Hall–Kier alpha value is -1.32. The molecule has 0 aromatic carbocycles. The van der Waals surface area contributed by atoms with Gasteiger partial charge in [-0.25, -0.2) is 4.79 Å². The van der Waals surface area contributed by atoms with Crippen LogP contribution in [0.15, 0.2) is 12.2 Å². The second kappa shape index (κ2) is 4.47. The number of rotatable bonds is 1. The summed E-state index contributed by atoms with van der Waals surface area (Å²) in [7, 11) is 0. The molecule has 4 heteroatoms. The highest BCUT2D eigenvalue weighted by molar-refractivity contribution is 5.74. The number of hydrogen-bond acceptors (Lipinski definition) is 3. The summed E-state index contributed by atoms with van der Waals surface area (Å²) in [6, 6.07) is -0.384. The van der Waals surface area contributed by atoms with E-state index in [-0.39, 0.29) is 6.04 Å². The maximum absolute atomic E-state index is 11.7. The van der Waals surface area contributed by atoms with Gasteiger partial charge >= 0.3 is 6.09 Å². The number of aldehydes is 1. The molecule has 0 spiro atoms. The Labute approximate surface area is 89.9 Å². The lowest BCUT2D eigenvalue weighted by Crippen LogP contribution is -2.45. The van der Waals surface area contributed by atoms with Crippen molar-refractivity contribution >= 4 is 12.4 Å². The van der Waals surface area contributed by atoms with Gasteiger partial charge in [0.25, 0.3) is 0 Å². The molecule has 4 nitrogen and oxygen atoms in total. The normalized spacial score (nSPS) is 21.3. The predicted molar refractivity (Wildman–Crippen MR) is 56.5 cm³/mol. The van der Waals surface area contributed by atoms with Gasteiger partial charge in [0.2, 0.25) is 0 Å². The van der Waals surface area contributed by atoms with Crippen LogP contribution in [0.25, 0.3) is 0 Å². The van der Waals surface area contributed by atoms with Crippen LogP contribution in [-0.4, -0.2) is 35.5 Å². The molecule has 15 heavy (non-hydrogen) atoms. The van der Waals surface area contributed by atoms with E-state index in [4.69, 9.17) is 4.74 Å². The maximum atomic E-state index is 11.7. The van der Waals surface area contributed by atoms with E-state index in [2.05, 4.69) is 0 Å². The summed E-state index contributed by atoms with van der Waals surface area (Å²) < 4.78 is 5.20. The minimum Gasteiger partial charge on any atom is -0.444 e. The summed E-state index contributed by atoms with van der Waals surface area (Å²) in [5, 5.41) is 0. The van der Waals surface area contributed by atoms with E-state index in [1.807, 2.05) is 12.2 Å². The minimum absolute atomic E-state index is 0.384. The van der Waals surface area contributed by atoms with Crippen LogP contribution in [0, 0.1) is 0 Å². The summed E-state index contributed by atoms with van der Waals surface area (Å²) in [6.07, 6.45) is 4.70. The standard InChI is InChI=1S/C11H17NO3/c1-11(2,3)15-10(14)12-7-5-4-6-9(12)8-13/h4-5,8-9H,6-7H2,1-3H3/t9-/m0/s1. The Morgan fingerprint density at radius 1 is 1.47 bits per heavy atom. The minimum atomic E-state index is -0.522. The molecule has 1 aliphatic heterocycles. The Kier molecular flexibility index (Phi) is 3.50. The first-order chi connectivity index (χ1) is 6.94. The molecular weight excluding hydrogens is 194 g/mol. The molecule has 0 aromatic rings. The number of carbonyl (C=O) groups is 2. The number of nitrogens with zero attached hydrogens (tertiary/aromatic N) is 1. The van der Waals surface area contributed by atoms with Gasteiger partial charge < -0.3 is 9.53 Å². The molecular formula is C11H17NO3. The molecule has 1 rings (SSSR count). The van der Waals surface area contributed by atoms with Crippen molar-refractivity contribution in [3.05, 3.63) is 12.2 Å². The molecule has 0 unspecified atom stereocenters. The Bertz CT molecular complexity index is 278. The molecule has 0 radical (unpaired) electrons. The van der Waals surface area contributed by atoms with Crippen LogP contribution < -0.4 is 0 Å². The Balaban J connectivity index is 2.65. The monoisotopic (exact) mass is 211 g/mol. The van der Waals surface area contributed by atoms with Crippen LogP contribution in [0.2, 0.25) is 0 Å². The molecule has 0 N–H and O–H groups in total. The van der Waals surface area contributed by atoms with E-state index in [0.717, 1.165) is 6.29 Å². The fraction of sp³-hybridized carbons (Fsp3) is 0.636. The molecule has 0 bridgehead atoms. The molecule has 0 saturated heterocycles. The molecule has 1 aliphatic rings. The number of hydrogen-bond donors (Lipinski definition) is 0. The molecule has 84 valence electrons. The van der Waals surface area contributed by atoms with Crippen molar-refractivity contribution in [3.8, 4) is 0 Å². The molecule has 1 heterocycles. The smallest absolute Gasteiger partial charge is 0.411 e. The fourth-order valence-corrected chi connectivity index (χ4v) is 1.35. The summed E-state index contributed by atoms with van der Waals surface area (Å²) in [6.45, 7) is 5.86. The Morgan fingerprint density at radius 3 is 2.67 bits per heavy atom. The largest absolute Gasteiger partial charge is 0.444 e. The van der Waals surface area contributed by atoms with Gasteiger partial charge in [-0.15, -0.1) is 0 Å². The predicted octanol–water partition coefficient (Wildman–Crippen LogP) is 1.75. The highest BCUT2D eigenvalue weighted by Crippen LogP contribution is 2.15. The van der Waals surface area contributed by atoms with Crippen LogP contribution in [0.5, 0.6) is 0 Å². The lowest BCUT2D eigenvalue weighted by atomic mass is 10.1. The Morgan fingerprint density at radius 2 is 2.13 bits per heavy atom. The SMILES string of the molecule is CC(C)(C)OC(=O)N1CC=CC[C@H]1C=O. The second-order valence-electron chi connectivity index (χ2n) is 4.54. The third-order valence-electron chi connectivity index (χ3n) is 2.03. The summed E-state index contributed by atoms with van der Waals surface area (Å²) in [5.74, 6) is 0. The lowest BCUT2D eigenvalue weighted by Gasteiger charge is -2.31. The van der Waals surface area contributed by atoms with E-state index in [0.29, 0.717) is 13.0 Å². The van der Waals surface area contributed by atoms with Gasteiger partial charge in [-0.05, 0) is 27.2 Å². The average molecular weight is 211 g/mol. The zero-order chi connectivity index (χ0) is 11.5. The van der Waals surface area contributed by atoms with Gasteiger partial charge in [-0.1, -0.05) is 12.2 Å². The fourth-order valence-electron chi connectivity index (χ4n) is 1.35. The van der Waals surface area contributed by atoms with Gasteiger partial charge in [0.05, 0.1) is 6.04 Å². The van der Waals surface area contributed by atoms with Gasteiger partial charge in [-0.3, -0.25) is 4.90 Å². The van der Waals surface area contributed by atoms with E-state index >= 15 is 0 Å². The second-order valence-corrected chi connectivity index (χ2v) is 4.54. The molecule has 0 aromatic heterocycles. The number of ether oxygens (including phenoxy) is 1. The van der Waals surface area contributed by atoms with Crippen molar-refractivity contribution in [2.75, 3.05) is 6.54 Å². The summed E-state index contributed by atoms with van der Waals surface area (Å²) >= 11 is 0. The van der Waals surface area contributed by atoms with Crippen LogP contribution in [0.3, 0.4) is 0 Å². The van der Waals surface area contributed by atoms with Crippen LogP contribution in [0.4, 0.5) is 4.79 Å². The third kappa shape index (κ3) is 3.38. The van der Waals surface area contributed by atoms with Crippen LogP contribution in [-0.2, 0) is 9.53 Å². The topological polar surface area (TPSA) is 46.6 Å². The van der Waals surface area contributed by atoms with Crippen LogP contribution >= 0.6 is 0 Å². The molecule has 0 aliphatic carbocycles. The first-order valence-corrected chi connectivity index (χ1v) is 5.04. The first-order valence-electron chi connectivity index (χ1n) is 5.04. The highest BCUT2D eigenvalue weighted by Gasteiger charge is 2.28. The van der Waals surface area contributed by atoms with Crippen LogP contribution in [0.1, 0.15) is 27.2 Å². The van der Waals surface area contributed by atoms with E-state index in [9.17, 15) is 9.59 Å². The van der Waals surface area contributed by atoms with Crippen molar-refractivity contribution < 1.29 is 14.3 Å². The summed E-state index contributed by atoms with van der Waals surface area (Å²) in [5.41, 5.74) is -0.522. The maximum Gasteiger partial charge on any atom is 0.411 e. The van der Waals surface area contributed by atoms with Gasteiger partial charge in [0, 0.05) is 6.54 Å². The van der Waals surface area contributed by atoms with Gasteiger partial charge in [0.1, 0.15) is 11.9 Å². The third-order valence-corrected chi connectivity index (χ3v) is 2.03. The van der Waals surface area contributed by atoms with E-state index < -0.39 is 11.7 Å². The van der Waals surface area contributed by atoms with Gasteiger partial charge in [0.15, 0.2) is 0 Å². The quantitative estimate of drug-likeness (QED) is 0.490. The molecule has 0 fully saturated rings. The van der Waals surface area contributed by atoms with Gasteiger partial charge in [-0.2, -0.15) is 0 Å². The zero-order valence-corrected chi connectivity index (χ0v) is 9.40. The molecule has 1 amide bonds. The summed E-state index contributed by atoms with van der Waals surface area (Å²) in [4.78, 5) is 23.9. The zero-order valence-electron chi connectivity index (χ0n) is 9.40. The first kappa shape index (κ1) is 11.8. The molecule has 0 saturated carbocycles. The number of carbonyl (C=O) groups excluding carboxylic acids is 2. The van der Waals surface area contributed by atoms with Crippen molar-refractivity contribution in [2.45, 2.75) is 38.8 Å². The number of amides is 1. The highest BCUT2D eigenvalue weighted by atomic mass is 16.6. The molecule has 1 atom stereocenters. The van der Waals surface area contributed by atoms with E-state index in [1.165, 1.54) is 4.90 Å².